The zero-order valence-electron chi connectivity index (χ0n) is 7.42. The first-order valence-corrected chi connectivity index (χ1v) is 6.10. The van der Waals surface area contributed by atoms with Crippen molar-refractivity contribution in [3.05, 3.63) is 22.4 Å². The van der Waals surface area contributed by atoms with Crippen LogP contribution >= 0.6 is 27.3 Å². The zero-order chi connectivity index (χ0) is 9.68. The summed E-state index contributed by atoms with van der Waals surface area (Å²) in [6, 6.07) is 4.14. The lowest BCUT2D eigenvalue weighted by Gasteiger charge is -2.09. The van der Waals surface area contributed by atoms with Crippen molar-refractivity contribution in [2.45, 2.75) is 19.4 Å². The van der Waals surface area contributed by atoms with E-state index in [1.807, 2.05) is 24.4 Å². The van der Waals surface area contributed by atoms with Crippen molar-refractivity contribution in [1.82, 2.24) is 5.32 Å². The topological polar surface area (TPSA) is 29.1 Å². The van der Waals surface area contributed by atoms with E-state index < -0.39 is 0 Å². The van der Waals surface area contributed by atoms with Gasteiger partial charge in [0.1, 0.15) is 0 Å². The van der Waals surface area contributed by atoms with Crippen LogP contribution in [0, 0.1) is 0 Å². The third kappa shape index (κ3) is 3.91. The van der Waals surface area contributed by atoms with Crippen LogP contribution < -0.4 is 5.32 Å². The number of nitrogens with one attached hydrogen (secondary N) is 1. The van der Waals surface area contributed by atoms with E-state index in [9.17, 15) is 4.79 Å². The number of rotatable bonds is 4. The van der Waals surface area contributed by atoms with Crippen LogP contribution in [0.3, 0.4) is 0 Å². The number of hydrogen-bond donors (Lipinski definition) is 1. The highest BCUT2D eigenvalue weighted by molar-refractivity contribution is 9.09. The fourth-order valence-corrected chi connectivity index (χ4v) is 1.80. The molecule has 1 amide bonds. The first-order valence-electron chi connectivity index (χ1n) is 4.10. The molecule has 1 atom stereocenters. The van der Waals surface area contributed by atoms with Crippen LogP contribution in [0.5, 0.6) is 0 Å². The Morgan fingerprint density at radius 1 is 1.77 bits per heavy atom. The number of halogens is 1. The summed E-state index contributed by atoms with van der Waals surface area (Å²) in [5.74, 6) is 0.0920. The summed E-state index contributed by atoms with van der Waals surface area (Å²) in [6.45, 7) is 1.97. The molecule has 72 valence electrons. The molecule has 0 spiro atoms. The molecule has 13 heavy (non-hydrogen) atoms. The molecular weight excluding hydrogens is 250 g/mol. The molecule has 4 heteroatoms. The molecule has 0 radical (unpaired) electrons. The van der Waals surface area contributed by atoms with Gasteiger partial charge < -0.3 is 5.32 Å². The van der Waals surface area contributed by atoms with E-state index in [0.717, 1.165) is 10.2 Å². The molecule has 0 aromatic carbocycles. The van der Waals surface area contributed by atoms with E-state index in [1.165, 1.54) is 0 Å². The normalized spacial score (nSPS) is 12.5. The highest BCUT2D eigenvalue weighted by atomic mass is 79.9. The van der Waals surface area contributed by atoms with Crippen molar-refractivity contribution in [2.24, 2.45) is 0 Å². The van der Waals surface area contributed by atoms with E-state index in [-0.39, 0.29) is 11.9 Å². The van der Waals surface area contributed by atoms with Crippen molar-refractivity contribution in [1.29, 1.82) is 0 Å². The van der Waals surface area contributed by atoms with Gasteiger partial charge in [0.15, 0.2) is 0 Å². The molecule has 0 aliphatic heterocycles. The maximum atomic E-state index is 11.4. The van der Waals surface area contributed by atoms with Gasteiger partial charge in [-0.15, -0.1) is 11.3 Å². The van der Waals surface area contributed by atoms with E-state index in [0.29, 0.717) is 6.42 Å². The molecule has 0 fully saturated rings. The Labute approximate surface area is 90.5 Å². The van der Waals surface area contributed by atoms with Gasteiger partial charge in [0.05, 0.1) is 6.42 Å². The van der Waals surface area contributed by atoms with Crippen LogP contribution in [0.4, 0.5) is 0 Å². The highest BCUT2D eigenvalue weighted by Crippen LogP contribution is 2.08. The molecule has 0 aliphatic carbocycles. The minimum Gasteiger partial charge on any atom is -0.352 e. The number of carbonyl (C=O) groups excluding carboxylic acids is 1. The SMILES string of the molecule is CC(CBr)NC(=O)Cc1cccs1. The molecular formula is C9H12BrNOS. The molecule has 0 saturated heterocycles. The maximum absolute atomic E-state index is 11.4. The van der Waals surface area contributed by atoms with Gasteiger partial charge in [0.25, 0.3) is 0 Å². The Bertz CT molecular complexity index is 261. The second kappa shape index (κ2) is 5.40. The van der Waals surface area contributed by atoms with Crippen molar-refractivity contribution >= 4 is 33.2 Å². The van der Waals surface area contributed by atoms with Crippen LogP contribution in [-0.4, -0.2) is 17.3 Å². The molecule has 2 nitrogen and oxygen atoms in total. The Morgan fingerprint density at radius 2 is 2.54 bits per heavy atom. The molecule has 1 N–H and O–H groups in total. The molecule has 0 saturated carbocycles. The van der Waals surface area contributed by atoms with Crippen molar-refractivity contribution in [3.63, 3.8) is 0 Å². The number of thiophene rings is 1. The quantitative estimate of drug-likeness (QED) is 0.828. The highest BCUT2D eigenvalue weighted by Gasteiger charge is 2.06. The lowest BCUT2D eigenvalue weighted by molar-refractivity contribution is -0.120. The van der Waals surface area contributed by atoms with Crippen LogP contribution in [0.15, 0.2) is 17.5 Å². The Hall–Kier alpha value is -0.350. The molecule has 1 aromatic rings. The summed E-state index contributed by atoms with van der Waals surface area (Å²) in [5, 5.41) is 5.67. The third-order valence-electron chi connectivity index (χ3n) is 1.55. The average Bonchev–Trinajstić information content (AvgIpc) is 2.56. The van der Waals surface area contributed by atoms with Crippen molar-refractivity contribution in [2.75, 3.05) is 5.33 Å². The largest absolute Gasteiger partial charge is 0.352 e. The monoisotopic (exact) mass is 261 g/mol. The van der Waals surface area contributed by atoms with Gasteiger partial charge in [0.2, 0.25) is 5.91 Å². The number of amides is 1. The van der Waals surface area contributed by atoms with E-state index in [1.54, 1.807) is 11.3 Å². The maximum Gasteiger partial charge on any atom is 0.225 e. The van der Waals surface area contributed by atoms with Gasteiger partial charge in [-0.05, 0) is 18.4 Å². The molecule has 1 aromatic heterocycles. The molecule has 1 unspecified atom stereocenters. The predicted octanol–water partition coefficient (Wildman–Crippen LogP) is 2.19. The number of carbonyl (C=O) groups is 1. The van der Waals surface area contributed by atoms with E-state index >= 15 is 0 Å². The average molecular weight is 262 g/mol. The van der Waals surface area contributed by atoms with E-state index in [4.69, 9.17) is 0 Å². The first kappa shape index (κ1) is 10.7. The third-order valence-corrected chi connectivity index (χ3v) is 3.40. The Balaban J connectivity index is 2.34. The van der Waals surface area contributed by atoms with Crippen molar-refractivity contribution in [3.8, 4) is 0 Å². The summed E-state index contributed by atoms with van der Waals surface area (Å²) >= 11 is 4.92. The standard InChI is InChI=1S/C9H12BrNOS/c1-7(6-10)11-9(12)5-8-3-2-4-13-8/h2-4,7H,5-6H2,1H3,(H,11,12). The zero-order valence-corrected chi connectivity index (χ0v) is 9.82. The van der Waals surface area contributed by atoms with Gasteiger partial charge in [-0.3, -0.25) is 4.79 Å². The second-order valence-electron chi connectivity index (χ2n) is 2.88. The fraction of sp³-hybridized carbons (Fsp3) is 0.444. The second-order valence-corrected chi connectivity index (χ2v) is 4.56. The van der Waals surface area contributed by atoms with Gasteiger partial charge in [-0.25, -0.2) is 0 Å². The van der Waals surface area contributed by atoms with Crippen LogP contribution in [0.25, 0.3) is 0 Å². The first-order chi connectivity index (χ1) is 6.22. The smallest absolute Gasteiger partial charge is 0.225 e. The van der Waals surface area contributed by atoms with Crippen LogP contribution in [-0.2, 0) is 11.2 Å². The van der Waals surface area contributed by atoms with Crippen molar-refractivity contribution < 1.29 is 4.79 Å². The minimum atomic E-state index is 0.0920. The summed E-state index contributed by atoms with van der Waals surface area (Å²) < 4.78 is 0. The van der Waals surface area contributed by atoms with Crippen LogP contribution in [0.1, 0.15) is 11.8 Å². The van der Waals surface area contributed by atoms with E-state index in [2.05, 4.69) is 21.2 Å². The molecule has 0 bridgehead atoms. The lowest BCUT2D eigenvalue weighted by Crippen LogP contribution is -2.34. The van der Waals surface area contributed by atoms with Gasteiger partial charge in [0, 0.05) is 16.2 Å². The van der Waals surface area contributed by atoms with Crippen LogP contribution in [0.2, 0.25) is 0 Å². The molecule has 1 heterocycles. The van der Waals surface area contributed by atoms with Gasteiger partial charge in [-0.2, -0.15) is 0 Å². The summed E-state index contributed by atoms with van der Waals surface area (Å²) in [5.41, 5.74) is 0. The van der Waals surface area contributed by atoms with Gasteiger partial charge >= 0.3 is 0 Å². The van der Waals surface area contributed by atoms with Gasteiger partial charge in [-0.1, -0.05) is 22.0 Å². The predicted molar refractivity (Wildman–Crippen MR) is 59.4 cm³/mol. The fourth-order valence-electron chi connectivity index (χ4n) is 0.936. The Kier molecular flexibility index (Phi) is 4.45. The summed E-state index contributed by atoms with van der Waals surface area (Å²) in [7, 11) is 0. The summed E-state index contributed by atoms with van der Waals surface area (Å²) in [6.07, 6.45) is 0.495. The molecule has 1 rings (SSSR count). The minimum absolute atomic E-state index is 0.0920. The lowest BCUT2D eigenvalue weighted by atomic mass is 10.3. The molecule has 0 aliphatic rings. The number of alkyl halides is 1. The Morgan fingerprint density at radius 3 is 3.08 bits per heavy atom. The number of hydrogen-bond acceptors (Lipinski definition) is 2. The summed E-state index contributed by atoms with van der Waals surface area (Å²) in [4.78, 5) is 12.5.